The molecular weight excluding hydrogens is 216 g/mol. The summed E-state index contributed by atoms with van der Waals surface area (Å²) in [7, 11) is 1.95. The molecule has 0 atom stereocenters. The maximum absolute atomic E-state index is 5.33. The number of fused-ring (bicyclic) bond motifs is 1. The average Bonchev–Trinajstić information content (AvgIpc) is 2.35. The molecule has 0 bridgehead atoms. The molecule has 0 radical (unpaired) electrons. The van der Waals surface area contributed by atoms with Gasteiger partial charge < -0.3 is 8.85 Å². The summed E-state index contributed by atoms with van der Waals surface area (Å²) < 4.78 is 10.7. The summed E-state index contributed by atoms with van der Waals surface area (Å²) in [5, 5.41) is 2.55. The fourth-order valence-corrected chi connectivity index (χ4v) is 2.99. The summed E-state index contributed by atoms with van der Waals surface area (Å²) in [5.74, 6) is 0. The Labute approximate surface area is 97.7 Å². The molecule has 0 aromatic heterocycles. The summed E-state index contributed by atoms with van der Waals surface area (Å²) in [4.78, 5) is 0. The highest BCUT2D eigenvalue weighted by Gasteiger charge is 2.10. The molecule has 0 heterocycles. The van der Waals surface area contributed by atoms with Gasteiger partial charge in [-0.15, -0.1) is 0 Å². The van der Waals surface area contributed by atoms with Crippen LogP contribution in [0.25, 0.3) is 10.8 Å². The van der Waals surface area contributed by atoms with Crippen molar-refractivity contribution in [3.05, 3.63) is 48.0 Å². The predicted molar refractivity (Wildman–Crippen MR) is 68.8 cm³/mol. The lowest BCUT2D eigenvalue weighted by atomic mass is 10.1. The Morgan fingerprint density at radius 2 is 1.62 bits per heavy atom. The maximum atomic E-state index is 5.33. The Hall–Kier alpha value is -1.16. The van der Waals surface area contributed by atoms with Crippen LogP contribution in [0.2, 0.25) is 0 Å². The predicted octanol–water partition coefficient (Wildman–Crippen LogP) is 2.43. The largest absolute Gasteiger partial charge is 0.400 e. The monoisotopic (exact) mass is 232 g/mol. The molecule has 0 amide bonds. The molecule has 0 aliphatic carbocycles. The van der Waals surface area contributed by atoms with E-state index >= 15 is 0 Å². The zero-order chi connectivity index (χ0) is 11.4. The lowest BCUT2D eigenvalue weighted by Gasteiger charge is -2.11. The summed E-state index contributed by atoms with van der Waals surface area (Å²) in [6.45, 7) is 0. The lowest BCUT2D eigenvalue weighted by molar-refractivity contribution is 0.277. The summed E-state index contributed by atoms with van der Waals surface area (Å²) in [6, 6.07) is 15.8. The van der Waals surface area contributed by atoms with Crippen LogP contribution in [0.5, 0.6) is 0 Å². The Morgan fingerprint density at radius 1 is 0.938 bits per heavy atom. The first-order valence-corrected chi connectivity index (χ1v) is 7.12. The second kappa shape index (κ2) is 5.25. The maximum Gasteiger partial charge on any atom is 0.325 e. The van der Waals surface area contributed by atoms with Crippen molar-refractivity contribution in [2.45, 2.75) is 6.04 Å². The van der Waals surface area contributed by atoms with E-state index in [0.717, 1.165) is 6.04 Å². The van der Waals surface area contributed by atoms with E-state index in [2.05, 4.69) is 42.5 Å². The van der Waals surface area contributed by atoms with Gasteiger partial charge in [-0.3, -0.25) is 0 Å². The van der Waals surface area contributed by atoms with Crippen molar-refractivity contribution in [1.29, 1.82) is 0 Å². The molecule has 16 heavy (non-hydrogen) atoms. The third kappa shape index (κ3) is 2.50. The van der Waals surface area contributed by atoms with Crippen LogP contribution in [0.15, 0.2) is 42.5 Å². The summed E-state index contributed by atoms with van der Waals surface area (Å²) >= 11 is 0. The molecule has 3 heteroatoms. The number of rotatable bonds is 4. The van der Waals surface area contributed by atoms with Crippen molar-refractivity contribution in [3.63, 3.8) is 0 Å². The molecule has 2 nitrogen and oxygen atoms in total. The normalized spacial score (nSPS) is 11.2. The first-order valence-electron chi connectivity index (χ1n) is 5.37. The van der Waals surface area contributed by atoms with Crippen LogP contribution in [0.4, 0.5) is 0 Å². The molecule has 0 spiro atoms. The Kier molecular flexibility index (Phi) is 3.72. The molecule has 0 aliphatic heterocycles. The third-order valence-corrected chi connectivity index (χ3v) is 4.60. The van der Waals surface area contributed by atoms with Crippen molar-refractivity contribution < 1.29 is 8.85 Å². The standard InChI is InChI=1S/C13H16O2Si/c1-14-16(15-2)10-11-7-8-12-5-3-4-6-13(12)9-11/h3-9,16H,10H2,1-2H3. The smallest absolute Gasteiger partial charge is 0.325 e. The van der Waals surface area contributed by atoms with Gasteiger partial charge in [0.05, 0.1) is 0 Å². The fourth-order valence-electron chi connectivity index (χ4n) is 1.82. The number of hydrogen-bond donors (Lipinski definition) is 0. The molecule has 2 aromatic carbocycles. The van der Waals surface area contributed by atoms with E-state index < -0.39 is 9.28 Å². The van der Waals surface area contributed by atoms with Gasteiger partial charge in [-0.25, -0.2) is 0 Å². The molecule has 0 aliphatic rings. The van der Waals surface area contributed by atoms with Crippen molar-refractivity contribution in [2.75, 3.05) is 14.2 Å². The van der Waals surface area contributed by atoms with Gasteiger partial charge in [-0.05, 0) is 16.3 Å². The lowest BCUT2D eigenvalue weighted by Crippen LogP contribution is -2.22. The molecule has 0 saturated carbocycles. The minimum Gasteiger partial charge on any atom is -0.400 e. The van der Waals surface area contributed by atoms with E-state index in [-0.39, 0.29) is 0 Å². The minimum atomic E-state index is -1.50. The summed E-state index contributed by atoms with van der Waals surface area (Å²) in [6.07, 6.45) is 0. The van der Waals surface area contributed by atoms with Gasteiger partial charge in [0.15, 0.2) is 0 Å². The average molecular weight is 232 g/mol. The first kappa shape index (κ1) is 11.3. The van der Waals surface area contributed by atoms with Crippen LogP contribution < -0.4 is 0 Å². The molecule has 2 rings (SSSR count). The van der Waals surface area contributed by atoms with Crippen LogP contribution in [0, 0.1) is 0 Å². The van der Waals surface area contributed by atoms with Crippen LogP contribution in [0.1, 0.15) is 5.56 Å². The number of benzene rings is 2. The molecule has 0 unspecified atom stereocenters. The first-order chi connectivity index (χ1) is 7.83. The van der Waals surface area contributed by atoms with E-state index in [1.807, 2.05) is 0 Å². The van der Waals surface area contributed by atoms with Gasteiger partial charge >= 0.3 is 9.28 Å². The van der Waals surface area contributed by atoms with Crippen LogP contribution >= 0.6 is 0 Å². The van der Waals surface area contributed by atoms with E-state index in [0.29, 0.717) is 0 Å². The van der Waals surface area contributed by atoms with Gasteiger partial charge in [0.2, 0.25) is 0 Å². The van der Waals surface area contributed by atoms with Crippen LogP contribution in [-0.4, -0.2) is 23.5 Å². The van der Waals surface area contributed by atoms with Crippen molar-refractivity contribution in [2.24, 2.45) is 0 Å². The van der Waals surface area contributed by atoms with Gasteiger partial charge in [0.25, 0.3) is 0 Å². The van der Waals surface area contributed by atoms with E-state index in [4.69, 9.17) is 8.85 Å². The minimum absolute atomic E-state index is 0.915. The third-order valence-electron chi connectivity index (χ3n) is 2.74. The highest BCUT2D eigenvalue weighted by atomic mass is 28.3. The summed E-state index contributed by atoms with van der Waals surface area (Å²) in [5.41, 5.74) is 1.29. The fraction of sp³-hybridized carbons (Fsp3) is 0.231. The van der Waals surface area contributed by atoms with Crippen molar-refractivity contribution in [3.8, 4) is 0 Å². The Morgan fingerprint density at radius 3 is 2.31 bits per heavy atom. The van der Waals surface area contributed by atoms with Crippen molar-refractivity contribution >= 4 is 20.1 Å². The Bertz CT molecular complexity index is 466. The van der Waals surface area contributed by atoms with Gasteiger partial charge in [-0.1, -0.05) is 42.5 Å². The van der Waals surface area contributed by atoms with E-state index in [1.54, 1.807) is 14.2 Å². The van der Waals surface area contributed by atoms with Crippen LogP contribution in [-0.2, 0) is 14.9 Å². The highest BCUT2D eigenvalue weighted by molar-refractivity contribution is 6.43. The highest BCUT2D eigenvalue weighted by Crippen LogP contribution is 2.16. The molecule has 2 aromatic rings. The number of hydrogen-bond acceptors (Lipinski definition) is 2. The zero-order valence-corrected chi connectivity index (χ0v) is 10.8. The van der Waals surface area contributed by atoms with Crippen molar-refractivity contribution in [1.82, 2.24) is 0 Å². The second-order valence-corrected chi connectivity index (χ2v) is 6.00. The second-order valence-electron chi connectivity index (χ2n) is 3.79. The Balaban J connectivity index is 2.25. The zero-order valence-electron chi connectivity index (χ0n) is 9.64. The van der Waals surface area contributed by atoms with Crippen LogP contribution in [0.3, 0.4) is 0 Å². The van der Waals surface area contributed by atoms with E-state index in [9.17, 15) is 0 Å². The molecule has 0 fully saturated rings. The SMILES string of the molecule is CO[SiH](Cc1ccc2ccccc2c1)OC. The van der Waals surface area contributed by atoms with E-state index in [1.165, 1.54) is 16.3 Å². The topological polar surface area (TPSA) is 18.5 Å². The van der Waals surface area contributed by atoms with Gasteiger partial charge in [0, 0.05) is 20.3 Å². The van der Waals surface area contributed by atoms with Gasteiger partial charge in [0.1, 0.15) is 0 Å². The molecular formula is C13H16O2Si. The quantitative estimate of drug-likeness (QED) is 0.754. The molecule has 0 saturated heterocycles. The van der Waals surface area contributed by atoms with Gasteiger partial charge in [-0.2, -0.15) is 0 Å². The molecule has 0 N–H and O–H groups in total. The molecule has 84 valence electrons.